The van der Waals surface area contributed by atoms with Crippen molar-refractivity contribution in [1.29, 1.82) is 0 Å². The highest BCUT2D eigenvalue weighted by Crippen LogP contribution is 2.21. The number of carbonyl (C=O) groups excluding carboxylic acids is 1. The summed E-state index contributed by atoms with van der Waals surface area (Å²) in [5.41, 5.74) is 0.346. The molecule has 0 aliphatic carbocycles. The molecule has 1 aromatic heterocycles. The summed E-state index contributed by atoms with van der Waals surface area (Å²) in [4.78, 5) is 16.2. The highest BCUT2D eigenvalue weighted by atomic mass is 32.2. The SMILES string of the molecule is COc1cncc(NS(=O)(=O)c2ccccc2C(=O)NCCC(C)C)c1. The van der Waals surface area contributed by atoms with Crippen molar-refractivity contribution in [2.75, 3.05) is 18.4 Å². The zero-order valence-corrected chi connectivity index (χ0v) is 15.8. The Balaban J connectivity index is 2.25. The highest BCUT2D eigenvalue weighted by molar-refractivity contribution is 7.92. The topological polar surface area (TPSA) is 97.4 Å². The Morgan fingerprint density at radius 3 is 2.65 bits per heavy atom. The first-order valence-corrected chi connectivity index (χ1v) is 9.71. The van der Waals surface area contributed by atoms with E-state index in [2.05, 4.69) is 28.9 Å². The molecule has 0 atom stereocenters. The molecule has 0 fully saturated rings. The Bertz CT molecular complexity index is 866. The fraction of sp³-hybridized carbons (Fsp3) is 0.333. The Kier molecular flexibility index (Phi) is 6.57. The van der Waals surface area contributed by atoms with Crippen LogP contribution in [-0.2, 0) is 10.0 Å². The maximum absolute atomic E-state index is 12.7. The molecule has 0 saturated heterocycles. The van der Waals surface area contributed by atoms with Crippen molar-refractivity contribution in [3.8, 4) is 5.75 Å². The maximum Gasteiger partial charge on any atom is 0.262 e. The Labute approximate surface area is 153 Å². The highest BCUT2D eigenvalue weighted by Gasteiger charge is 2.22. The van der Waals surface area contributed by atoms with Gasteiger partial charge < -0.3 is 10.1 Å². The average Bonchev–Trinajstić information content (AvgIpc) is 2.61. The fourth-order valence-electron chi connectivity index (χ4n) is 2.25. The Morgan fingerprint density at radius 2 is 1.96 bits per heavy atom. The standard InChI is InChI=1S/C18H23N3O4S/c1-13(2)8-9-20-18(22)16-6-4-5-7-17(16)26(23,24)21-14-10-15(25-3)12-19-11-14/h4-7,10-13,21H,8-9H2,1-3H3,(H,20,22). The first kappa shape index (κ1) is 19.7. The van der Waals surface area contributed by atoms with Crippen LogP contribution in [0, 0.1) is 5.92 Å². The first-order valence-electron chi connectivity index (χ1n) is 8.22. The van der Waals surface area contributed by atoms with Crippen molar-refractivity contribution in [2.45, 2.75) is 25.2 Å². The molecule has 2 N–H and O–H groups in total. The molecule has 0 bridgehead atoms. The molecular formula is C18H23N3O4S. The van der Waals surface area contributed by atoms with Crippen LogP contribution in [0.15, 0.2) is 47.6 Å². The average molecular weight is 377 g/mol. The van der Waals surface area contributed by atoms with E-state index in [1.807, 2.05) is 0 Å². The smallest absolute Gasteiger partial charge is 0.262 e. The second-order valence-electron chi connectivity index (χ2n) is 6.15. The third-order valence-corrected chi connectivity index (χ3v) is 5.07. The molecule has 0 spiro atoms. The van der Waals surface area contributed by atoms with Gasteiger partial charge in [0.15, 0.2) is 0 Å². The molecule has 26 heavy (non-hydrogen) atoms. The molecule has 0 saturated carbocycles. The molecule has 7 nitrogen and oxygen atoms in total. The number of benzene rings is 1. The van der Waals surface area contributed by atoms with E-state index in [0.717, 1.165) is 6.42 Å². The van der Waals surface area contributed by atoms with Gasteiger partial charge in [0.2, 0.25) is 0 Å². The van der Waals surface area contributed by atoms with Gasteiger partial charge in [0, 0.05) is 12.6 Å². The number of hydrogen-bond donors (Lipinski definition) is 2. The van der Waals surface area contributed by atoms with Crippen LogP contribution in [0.25, 0.3) is 0 Å². The summed E-state index contributed by atoms with van der Waals surface area (Å²) >= 11 is 0. The minimum absolute atomic E-state index is 0.0927. The van der Waals surface area contributed by atoms with Gasteiger partial charge in [0.05, 0.1) is 30.8 Å². The fourth-order valence-corrected chi connectivity index (χ4v) is 3.49. The van der Waals surface area contributed by atoms with Gasteiger partial charge in [-0.3, -0.25) is 14.5 Å². The summed E-state index contributed by atoms with van der Waals surface area (Å²) in [6, 6.07) is 7.60. The molecule has 2 rings (SSSR count). The first-order chi connectivity index (χ1) is 12.3. The van der Waals surface area contributed by atoms with Crippen molar-refractivity contribution in [1.82, 2.24) is 10.3 Å². The number of rotatable bonds is 8. The zero-order valence-electron chi connectivity index (χ0n) is 15.0. The summed E-state index contributed by atoms with van der Waals surface area (Å²) in [7, 11) is -2.50. The third-order valence-electron chi connectivity index (χ3n) is 3.63. The second kappa shape index (κ2) is 8.66. The number of sulfonamides is 1. The van der Waals surface area contributed by atoms with Crippen molar-refractivity contribution >= 4 is 21.6 Å². The Morgan fingerprint density at radius 1 is 1.23 bits per heavy atom. The number of hydrogen-bond acceptors (Lipinski definition) is 5. The van der Waals surface area contributed by atoms with Crippen LogP contribution in [-0.4, -0.2) is 33.0 Å². The van der Waals surface area contributed by atoms with Gasteiger partial charge in [-0.1, -0.05) is 26.0 Å². The van der Waals surface area contributed by atoms with Gasteiger partial charge in [0.25, 0.3) is 15.9 Å². The van der Waals surface area contributed by atoms with Gasteiger partial charge in [-0.05, 0) is 24.5 Å². The minimum Gasteiger partial charge on any atom is -0.495 e. The number of carbonyl (C=O) groups is 1. The van der Waals surface area contributed by atoms with Gasteiger partial charge in [-0.2, -0.15) is 0 Å². The summed E-state index contributed by atoms with van der Waals surface area (Å²) in [6.45, 7) is 4.59. The van der Waals surface area contributed by atoms with Crippen LogP contribution in [0.2, 0.25) is 0 Å². The van der Waals surface area contributed by atoms with Crippen LogP contribution in [0.3, 0.4) is 0 Å². The molecule has 0 aliphatic heterocycles. The molecule has 0 unspecified atom stereocenters. The molecule has 0 radical (unpaired) electrons. The number of nitrogens with zero attached hydrogens (tertiary/aromatic N) is 1. The van der Waals surface area contributed by atoms with E-state index in [0.29, 0.717) is 18.2 Å². The van der Waals surface area contributed by atoms with E-state index in [-0.39, 0.29) is 16.1 Å². The number of pyridine rings is 1. The largest absolute Gasteiger partial charge is 0.495 e. The van der Waals surface area contributed by atoms with E-state index >= 15 is 0 Å². The lowest BCUT2D eigenvalue weighted by Crippen LogP contribution is -2.28. The molecule has 0 aliphatic rings. The van der Waals surface area contributed by atoms with Crippen molar-refractivity contribution in [3.05, 3.63) is 48.3 Å². The number of ether oxygens (including phenoxy) is 1. The van der Waals surface area contributed by atoms with E-state index in [9.17, 15) is 13.2 Å². The van der Waals surface area contributed by atoms with E-state index < -0.39 is 15.9 Å². The minimum atomic E-state index is -3.96. The number of anilines is 1. The van der Waals surface area contributed by atoms with Crippen LogP contribution in [0.4, 0.5) is 5.69 Å². The number of amides is 1. The number of methoxy groups -OCH3 is 1. The van der Waals surface area contributed by atoms with E-state index in [4.69, 9.17) is 4.74 Å². The lowest BCUT2D eigenvalue weighted by atomic mass is 10.1. The van der Waals surface area contributed by atoms with Crippen LogP contribution >= 0.6 is 0 Å². The van der Waals surface area contributed by atoms with Gasteiger partial charge >= 0.3 is 0 Å². The summed E-state index contributed by atoms with van der Waals surface area (Å²) in [5.74, 6) is 0.441. The normalized spacial score (nSPS) is 11.2. The Hall–Kier alpha value is -2.61. The maximum atomic E-state index is 12.7. The van der Waals surface area contributed by atoms with Crippen molar-refractivity contribution < 1.29 is 17.9 Å². The van der Waals surface area contributed by atoms with Gasteiger partial charge in [-0.25, -0.2) is 8.42 Å². The summed E-state index contributed by atoms with van der Waals surface area (Å²) in [6.07, 6.45) is 3.65. The molecule has 1 amide bonds. The lowest BCUT2D eigenvalue weighted by Gasteiger charge is -2.13. The lowest BCUT2D eigenvalue weighted by molar-refractivity contribution is 0.0948. The van der Waals surface area contributed by atoms with E-state index in [1.165, 1.54) is 37.7 Å². The van der Waals surface area contributed by atoms with Crippen LogP contribution in [0.5, 0.6) is 5.75 Å². The molecule has 8 heteroatoms. The van der Waals surface area contributed by atoms with Crippen molar-refractivity contribution in [3.63, 3.8) is 0 Å². The summed E-state index contributed by atoms with van der Waals surface area (Å²) < 4.78 is 33.0. The van der Waals surface area contributed by atoms with Crippen molar-refractivity contribution in [2.24, 2.45) is 5.92 Å². The van der Waals surface area contributed by atoms with E-state index in [1.54, 1.807) is 12.1 Å². The quantitative estimate of drug-likeness (QED) is 0.737. The van der Waals surface area contributed by atoms with Crippen LogP contribution in [0.1, 0.15) is 30.6 Å². The van der Waals surface area contributed by atoms with Gasteiger partial charge in [0.1, 0.15) is 10.6 Å². The monoisotopic (exact) mass is 377 g/mol. The zero-order chi connectivity index (χ0) is 19.2. The predicted molar refractivity (Wildman–Crippen MR) is 99.8 cm³/mol. The second-order valence-corrected chi connectivity index (χ2v) is 7.80. The third kappa shape index (κ3) is 5.19. The van der Waals surface area contributed by atoms with Gasteiger partial charge in [-0.15, -0.1) is 0 Å². The van der Waals surface area contributed by atoms with Crippen LogP contribution < -0.4 is 14.8 Å². The molecule has 1 aromatic carbocycles. The molecule has 140 valence electrons. The predicted octanol–water partition coefficient (Wildman–Crippen LogP) is 2.67. The number of aromatic nitrogens is 1. The summed E-state index contributed by atoms with van der Waals surface area (Å²) in [5, 5.41) is 2.76. The molecule has 1 heterocycles. The molecular weight excluding hydrogens is 354 g/mol. The number of nitrogens with one attached hydrogen (secondary N) is 2. The molecule has 2 aromatic rings.